The molecule has 0 aliphatic heterocycles. The van der Waals surface area contributed by atoms with Gasteiger partial charge in [0.2, 0.25) is 10.0 Å². The Kier molecular flexibility index (Phi) is 3.31. The molecule has 1 aliphatic rings. The number of thiophene rings is 1. The molecule has 2 N–H and O–H groups in total. The first-order valence-corrected chi connectivity index (χ1v) is 8.87. The van der Waals surface area contributed by atoms with Gasteiger partial charge in [-0.3, -0.25) is 0 Å². The molecule has 5 nitrogen and oxygen atoms in total. The fraction of sp³-hybridized carbons (Fsp3) is 0.357. The van der Waals surface area contributed by atoms with Crippen LogP contribution in [0.25, 0.3) is 10.1 Å². The summed E-state index contributed by atoms with van der Waals surface area (Å²) in [5.74, 6) is -1.21. The molecule has 1 saturated carbocycles. The Balaban J connectivity index is 2.08. The van der Waals surface area contributed by atoms with Gasteiger partial charge in [-0.2, -0.15) is 0 Å². The largest absolute Gasteiger partial charge is 0.477 e. The molecule has 3 rings (SSSR count). The Morgan fingerprint density at radius 1 is 1.38 bits per heavy atom. The highest BCUT2D eigenvalue weighted by molar-refractivity contribution is 7.90. The minimum atomic E-state index is -3.83. The van der Waals surface area contributed by atoms with Crippen LogP contribution < -0.4 is 4.72 Å². The quantitative estimate of drug-likeness (QED) is 0.885. The number of carboxylic acid groups (broad SMARTS) is 1. The van der Waals surface area contributed by atoms with Crippen LogP contribution in [0.1, 0.15) is 29.4 Å². The summed E-state index contributed by atoms with van der Waals surface area (Å²) in [7, 11) is -3.83. The molecule has 1 aromatic carbocycles. The molecular weight excluding hydrogens is 310 g/mol. The van der Waals surface area contributed by atoms with E-state index in [1.807, 2.05) is 6.92 Å². The Morgan fingerprint density at radius 2 is 2.05 bits per heavy atom. The van der Waals surface area contributed by atoms with E-state index in [-0.39, 0.29) is 15.2 Å². The van der Waals surface area contributed by atoms with E-state index in [4.69, 9.17) is 0 Å². The molecule has 0 amide bonds. The number of hydrogen-bond donors (Lipinski definition) is 2. The molecule has 2 aromatic rings. The maximum Gasteiger partial charge on any atom is 0.347 e. The van der Waals surface area contributed by atoms with Crippen LogP contribution in [0.5, 0.6) is 0 Å². The molecular formula is C14H15NO4S2. The highest BCUT2D eigenvalue weighted by Gasteiger charge is 2.39. The summed E-state index contributed by atoms with van der Waals surface area (Å²) in [5.41, 5.74) is 0.0162. The van der Waals surface area contributed by atoms with E-state index in [1.165, 1.54) is 0 Å². The van der Waals surface area contributed by atoms with Crippen molar-refractivity contribution in [2.75, 3.05) is 6.54 Å². The molecule has 1 aromatic heterocycles. The highest BCUT2D eigenvalue weighted by Crippen LogP contribution is 2.44. The van der Waals surface area contributed by atoms with Crippen LogP contribution in [0.2, 0.25) is 0 Å². The topological polar surface area (TPSA) is 83.5 Å². The van der Waals surface area contributed by atoms with Crippen LogP contribution in [0.3, 0.4) is 0 Å². The molecule has 112 valence electrons. The Hall–Kier alpha value is -1.44. The summed E-state index contributed by atoms with van der Waals surface area (Å²) in [6.45, 7) is 2.36. The van der Waals surface area contributed by atoms with Crippen LogP contribution >= 0.6 is 11.3 Å². The summed E-state index contributed by atoms with van der Waals surface area (Å²) < 4.78 is 28.3. The van der Waals surface area contributed by atoms with Gasteiger partial charge in [-0.05, 0) is 24.3 Å². The van der Waals surface area contributed by atoms with Crippen LogP contribution in [0.15, 0.2) is 29.2 Å². The molecule has 1 aliphatic carbocycles. The van der Waals surface area contributed by atoms with E-state index >= 15 is 0 Å². The van der Waals surface area contributed by atoms with Crippen molar-refractivity contribution >= 4 is 37.4 Å². The zero-order chi connectivity index (χ0) is 15.3. The first kappa shape index (κ1) is 14.5. The second-order valence-corrected chi connectivity index (χ2v) is 8.45. The minimum absolute atomic E-state index is 0.0162. The average molecular weight is 325 g/mol. The van der Waals surface area contributed by atoms with Crippen molar-refractivity contribution in [3.63, 3.8) is 0 Å². The van der Waals surface area contributed by atoms with Gasteiger partial charge in [0.25, 0.3) is 0 Å². The Labute approximate surface area is 126 Å². The molecule has 7 heteroatoms. The number of carbonyl (C=O) groups is 1. The number of rotatable bonds is 5. The second kappa shape index (κ2) is 4.79. The van der Waals surface area contributed by atoms with Crippen molar-refractivity contribution in [2.24, 2.45) is 5.41 Å². The number of hydrogen-bond acceptors (Lipinski definition) is 4. The first-order chi connectivity index (χ1) is 9.82. The number of carboxylic acids is 1. The Morgan fingerprint density at radius 3 is 2.67 bits per heavy atom. The molecule has 0 atom stereocenters. The van der Waals surface area contributed by atoms with Gasteiger partial charge >= 0.3 is 5.97 Å². The van der Waals surface area contributed by atoms with Crippen LogP contribution in [-0.2, 0) is 10.0 Å². The van der Waals surface area contributed by atoms with E-state index in [9.17, 15) is 18.3 Å². The van der Waals surface area contributed by atoms with Crippen LogP contribution in [0.4, 0.5) is 0 Å². The molecule has 0 bridgehead atoms. The number of aromatic carboxylic acids is 1. The second-order valence-electron chi connectivity index (χ2n) is 5.70. The fourth-order valence-electron chi connectivity index (χ4n) is 2.16. The summed E-state index contributed by atoms with van der Waals surface area (Å²) in [6.07, 6.45) is 1.98. The number of fused-ring (bicyclic) bond motifs is 1. The van der Waals surface area contributed by atoms with Gasteiger partial charge in [-0.25, -0.2) is 17.9 Å². The summed E-state index contributed by atoms with van der Waals surface area (Å²) in [5, 5.41) is 9.75. The lowest BCUT2D eigenvalue weighted by atomic mass is 10.2. The lowest BCUT2D eigenvalue weighted by Crippen LogP contribution is -2.30. The number of benzene rings is 1. The summed E-state index contributed by atoms with van der Waals surface area (Å²) in [6, 6.07) is 6.85. The first-order valence-electron chi connectivity index (χ1n) is 6.57. The predicted octanol–water partition coefficient (Wildman–Crippen LogP) is 2.68. The maximum atomic E-state index is 12.5. The van der Waals surface area contributed by atoms with Crippen molar-refractivity contribution in [1.82, 2.24) is 4.72 Å². The molecule has 1 fully saturated rings. The number of nitrogens with one attached hydrogen (secondary N) is 1. The molecule has 1 heterocycles. The highest BCUT2D eigenvalue weighted by atomic mass is 32.2. The Bertz CT molecular complexity index is 819. The monoisotopic (exact) mass is 325 g/mol. The van der Waals surface area contributed by atoms with Gasteiger partial charge in [-0.1, -0.05) is 25.1 Å². The van der Waals surface area contributed by atoms with Gasteiger partial charge in [0, 0.05) is 16.6 Å². The average Bonchev–Trinajstić information content (AvgIpc) is 3.02. The van der Waals surface area contributed by atoms with E-state index in [0.717, 1.165) is 24.2 Å². The van der Waals surface area contributed by atoms with Gasteiger partial charge in [0.15, 0.2) is 0 Å². The molecule has 0 unspecified atom stereocenters. The van der Waals surface area contributed by atoms with Crippen molar-refractivity contribution in [3.05, 3.63) is 29.1 Å². The normalized spacial score (nSPS) is 17.0. The molecule has 0 radical (unpaired) electrons. The van der Waals surface area contributed by atoms with E-state index in [1.54, 1.807) is 24.3 Å². The predicted molar refractivity (Wildman–Crippen MR) is 81.3 cm³/mol. The van der Waals surface area contributed by atoms with Crippen molar-refractivity contribution in [1.29, 1.82) is 0 Å². The fourth-order valence-corrected chi connectivity index (χ4v) is 5.10. The van der Waals surface area contributed by atoms with Gasteiger partial charge in [-0.15, -0.1) is 11.3 Å². The standard InChI is InChI=1S/C14H15NO4S2/c1-14(6-7-14)8-15-21(18,19)12-9-4-2-3-5-10(9)20-11(12)13(16)17/h2-5,15H,6-8H2,1H3,(H,16,17). The van der Waals surface area contributed by atoms with Gasteiger partial charge < -0.3 is 5.11 Å². The van der Waals surface area contributed by atoms with Crippen molar-refractivity contribution < 1.29 is 18.3 Å². The summed E-state index contributed by atoms with van der Waals surface area (Å²) >= 11 is 0.989. The minimum Gasteiger partial charge on any atom is -0.477 e. The van der Waals surface area contributed by atoms with Gasteiger partial charge in [0.1, 0.15) is 9.77 Å². The molecule has 0 saturated heterocycles. The number of sulfonamides is 1. The zero-order valence-corrected chi connectivity index (χ0v) is 13.1. The smallest absolute Gasteiger partial charge is 0.347 e. The third kappa shape index (κ3) is 2.68. The SMILES string of the molecule is CC1(CNS(=O)(=O)c2c(C(=O)O)sc3ccccc23)CC1. The lowest BCUT2D eigenvalue weighted by Gasteiger charge is -2.11. The molecule has 0 spiro atoms. The van der Waals surface area contributed by atoms with E-state index in [2.05, 4.69) is 4.72 Å². The lowest BCUT2D eigenvalue weighted by molar-refractivity contribution is 0.0698. The zero-order valence-electron chi connectivity index (χ0n) is 11.4. The third-order valence-corrected chi connectivity index (χ3v) is 6.58. The van der Waals surface area contributed by atoms with Crippen molar-refractivity contribution in [3.8, 4) is 0 Å². The maximum absolute atomic E-state index is 12.5. The van der Waals surface area contributed by atoms with Crippen molar-refractivity contribution in [2.45, 2.75) is 24.7 Å². The van der Waals surface area contributed by atoms with Crippen LogP contribution in [-0.4, -0.2) is 26.0 Å². The molecule has 21 heavy (non-hydrogen) atoms. The summed E-state index contributed by atoms with van der Waals surface area (Å²) in [4.78, 5) is 11.1. The third-order valence-electron chi connectivity index (χ3n) is 3.81. The van der Waals surface area contributed by atoms with Gasteiger partial charge in [0.05, 0.1) is 0 Å². The van der Waals surface area contributed by atoms with E-state index in [0.29, 0.717) is 16.6 Å². The van der Waals surface area contributed by atoms with Crippen LogP contribution in [0, 0.1) is 5.41 Å². The van der Waals surface area contributed by atoms with E-state index < -0.39 is 16.0 Å².